The molecule has 1 fully saturated rings. The maximum Gasteiger partial charge on any atom is 0.328 e. The molecule has 1 saturated heterocycles. The van der Waals surface area contributed by atoms with Crippen molar-refractivity contribution in [1.82, 2.24) is 4.90 Å². The van der Waals surface area contributed by atoms with Crippen LogP contribution in [0.5, 0.6) is 0 Å². The Hall–Kier alpha value is -3.41. The van der Waals surface area contributed by atoms with Gasteiger partial charge in [-0.3, -0.25) is 4.99 Å². The van der Waals surface area contributed by atoms with Gasteiger partial charge >= 0.3 is 11.9 Å². The number of aliphatic imine (C=N–C) groups is 1. The Balaban J connectivity index is 0.000000414. The molecule has 1 aliphatic heterocycles. The maximum atomic E-state index is 9.55. The molecule has 0 aromatic heterocycles. The molecule has 2 N–H and O–H groups in total. The van der Waals surface area contributed by atoms with E-state index in [0.29, 0.717) is 24.0 Å². The largest absolute Gasteiger partial charge is 0.478 e. The number of hydrogen-bond acceptors (Lipinski definition) is 3. The van der Waals surface area contributed by atoms with E-state index >= 15 is 0 Å². The molecular weight excluding hydrogens is 416 g/mol. The van der Waals surface area contributed by atoms with Gasteiger partial charge in [0.2, 0.25) is 0 Å². The first kappa shape index (κ1) is 25.8. The molecule has 0 spiro atoms. The fourth-order valence-electron chi connectivity index (χ4n) is 3.99. The van der Waals surface area contributed by atoms with E-state index in [1.165, 1.54) is 36.8 Å². The minimum Gasteiger partial charge on any atom is -0.478 e. The third kappa shape index (κ3) is 9.73. The summed E-state index contributed by atoms with van der Waals surface area (Å²) in [6.45, 7) is 5.42. The van der Waals surface area contributed by atoms with Crippen molar-refractivity contribution in [2.45, 2.75) is 38.5 Å². The van der Waals surface area contributed by atoms with Gasteiger partial charge in [0.05, 0.1) is 6.34 Å². The highest BCUT2D eigenvalue weighted by Gasteiger charge is 2.28. The van der Waals surface area contributed by atoms with Crippen LogP contribution in [0.15, 0.2) is 77.8 Å². The lowest BCUT2D eigenvalue weighted by atomic mass is 9.76. The molecule has 3 rings (SSSR count). The summed E-state index contributed by atoms with van der Waals surface area (Å²) in [4.78, 5) is 26.1. The Morgan fingerprint density at radius 2 is 1.42 bits per heavy atom. The Morgan fingerprint density at radius 1 is 0.939 bits per heavy atom. The standard InChI is InChI=1S/C23H30N2.C4H4O4/c1-2-3-16-24-19-25-17-14-22(15-18-25)23(20-10-6-4-7-11-20)21-12-8-5-9-13-21;5-3(6)1-2-4(7)8/h4-13,19,22-23H,2-3,14-18H2,1H3;1-2H,(H,5,6)(H,7,8)/b;2-1+. The molecule has 6 heteroatoms. The quantitative estimate of drug-likeness (QED) is 0.241. The molecule has 0 bridgehead atoms. The third-order valence-corrected chi connectivity index (χ3v) is 5.62. The van der Waals surface area contributed by atoms with Crippen LogP contribution in [0.25, 0.3) is 0 Å². The summed E-state index contributed by atoms with van der Waals surface area (Å²) < 4.78 is 0. The van der Waals surface area contributed by atoms with Gasteiger partial charge in [-0.15, -0.1) is 0 Å². The Labute approximate surface area is 196 Å². The number of carboxylic acid groups (broad SMARTS) is 2. The summed E-state index contributed by atoms with van der Waals surface area (Å²) in [6.07, 6.45) is 8.07. The Kier molecular flexibility index (Phi) is 11.4. The molecule has 0 unspecified atom stereocenters. The van der Waals surface area contributed by atoms with Gasteiger partial charge in [0.1, 0.15) is 0 Å². The number of benzene rings is 2. The molecule has 0 atom stereocenters. The molecule has 2 aromatic carbocycles. The number of nitrogens with zero attached hydrogens (tertiary/aromatic N) is 2. The molecule has 2 aromatic rings. The van der Waals surface area contributed by atoms with Crippen molar-refractivity contribution in [2.75, 3.05) is 19.6 Å². The zero-order valence-corrected chi connectivity index (χ0v) is 19.2. The topological polar surface area (TPSA) is 90.2 Å². The van der Waals surface area contributed by atoms with Crippen molar-refractivity contribution in [2.24, 2.45) is 10.9 Å². The van der Waals surface area contributed by atoms with E-state index in [0.717, 1.165) is 19.6 Å². The molecule has 0 radical (unpaired) electrons. The minimum absolute atomic E-state index is 0.501. The van der Waals surface area contributed by atoms with Gasteiger partial charge in [0.25, 0.3) is 0 Å². The summed E-state index contributed by atoms with van der Waals surface area (Å²) in [7, 11) is 0. The van der Waals surface area contributed by atoms with E-state index < -0.39 is 11.9 Å². The predicted molar refractivity (Wildman–Crippen MR) is 132 cm³/mol. The van der Waals surface area contributed by atoms with E-state index in [1.807, 2.05) is 0 Å². The number of hydrogen-bond donors (Lipinski definition) is 2. The lowest BCUT2D eigenvalue weighted by molar-refractivity contribution is -0.134. The van der Waals surface area contributed by atoms with Crippen LogP contribution in [0, 0.1) is 5.92 Å². The number of likely N-dealkylation sites (tertiary alicyclic amines) is 1. The molecular formula is C27H34N2O4. The Bertz CT molecular complexity index is 833. The fraction of sp³-hybridized carbons (Fsp3) is 0.370. The van der Waals surface area contributed by atoms with Gasteiger partial charge in [-0.1, -0.05) is 74.0 Å². The molecule has 1 heterocycles. The fourth-order valence-corrected chi connectivity index (χ4v) is 3.99. The van der Waals surface area contributed by atoms with Crippen LogP contribution in [-0.4, -0.2) is 53.0 Å². The molecule has 1 aliphatic rings. The first-order valence-electron chi connectivity index (χ1n) is 11.5. The second-order valence-electron chi connectivity index (χ2n) is 8.06. The molecule has 176 valence electrons. The number of unbranched alkanes of at least 4 members (excludes halogenated alkanes) is 1. The van der Waals surface area contributed by atoms with E-state index in [4.69, 9.17) is 10.2 Å². The number of aliphatic carboxylic acids is 2. The Morgan fingerprint density at radius 3 is 1.85 bits per heavy atom. The summed E-state index contributed by atoms with van der Waals surface area (Å²) >= 11 is 0. The van der Waals surface area contributed by atoms with Crippen LogP contribution in [-0.2, 0) is 9.59 Å². The normalized spacial score (nSPS) is 14.4. The number of rotatable bonds is 9. The smallest absolute Gasteiger partial charge is 0.328 e. The second-order valence-corrected chi connectivity index (χ2v) is 8.06. The van der Waals surface area contributed by atoms with Crippen LogP contribution >= 0.6 is 0 Å². The SMILES string of the molecule is CCCCN=CN1CCC(C(c2ccccc2)c2ccccc2)CC1.O=C(O)/C=C/C(=O)O. The van der Waals surface area contributed by atoms with Gasteiger partial charge in [0.15, 0.2) is 0 Å². The summed E-state index contributed by atoms with van der Waals surface area (Å²) in [5.74, 6) is -1.31. The van der Waals surface area contributed by atoms with Gasteiger partial charge in [0, 0.05) is 37.7 Å². The number of carbonyl (C=O) groups is 2. The van der Waals surface area contributed by atoms with Crippen LogP contribution in [0.1, 0.15) is 49.7 Å². The molecule has 33 heavy (non-hydrogen) atoms. The summed E-state index contributed by atoms with van der Waals surface area (Å²) in [5, 5.41) is 15.6. The van der Waals surface area contributed by atoms with Crippen molar-refractivity contribution in [3.8, 4) is 0 Å². The lowest BCUT2D eigenvalue weighted by Gasteiger charge is -2.36. The van der Waals surface area contributed by atoms with E-state index in [1.54, 1.807) is 0 Å². The number of carboxylic acids is 2. The molecule has 6 nitrogen and oxygen atoms in total. The van der Waals surface area contributed by atoms with Gasteiger partial charge in [-0.25, -0.2) is 9.59 Å². The van der Waals surface area contributed by atoms with Gasteiger partial charge < -0.3 is 15.1 Å². The van der Waals surface area contributed by atoms with Crippen LogP contribution in [0.3, 0.4) is 0 Å². The van der Waals surface area contributed by atoms with Crippen molar-refractivity contribution < 1.29 is 19.8 Å². The average Bonchev–Trinajstić information content (AvgIpc) is 2.83. The minimum atomic E-state index is -1.26. The lowest BCUT2D eigenvalue weighted by Crippen LogP contribution is -2.35. The molecule has 0 saturated carbocycles. The molecule has 0 aliphatic carbocycles. The van der Waals surface area contributed by atoms with Crippen molar-refractivity contribution in [1.29, 1.82) is 0 Å². The third-order valence-electron chi connectivity index (χ3n) is 5.62. The van der Waals surface area contributed by atoms with Crippen molar-refractivity contribution in [3.05, 3.63) is 83.9 Å². The van der Waals surface area contributed by atoms with E-state index in [-0.39, 0.29) is 0 Å². The maximum absolute atomic E-state index is 9.55. The monoisotopic (exact) mass is 450 g/mol. The summed E-state index contributed by atoms with van der Waals surface area (Å²) in [6, 6.07) is 22.0. The van der Waals surface area contributed by atoms with E-state index in [9.17, 15) is 9.59 Å². The van der Waals surface area contributed by atoms with Crippen LogP contribution in [0.4, 0.5) is 0 Å². The van der Waals surface area contributed by atoms with Crippen LogP contribution in [0.2, 0.25) is 0 Å². The number of piperidine rings is 1. The highest BCUT2D eigenvalue weighted by Crippen LogP contribution is 2.37. The van der Waals surface area contributed by atoms with Crippen molar-refractivity contribution in [3.63, 3.8) is 0 Å². The highest BCUT2D eigenvalue weighted by molar-refractivity contribution is 5.89. The van der Waals surface area contributed by atoms with Crippen LogP contribution < -0.4 is 0 Å². The second kappa shape index (κ2) is 14.6. The average molecular weight is 451 g/mol. The van der Waals surface area contributed by atoms with Gasteiger partial charge in [-0.2, -0.15) is 0 Å². The first-order chi connectivity index (χ1) is 16.0. The van der Waals surface area contributed by atoms with E-state index in [2.05, 4.69) is 83.8 Å². The molecule has 0 amide bonds. The van der Waals surface area contributed by atoms with Crippen molar-refractivity contribution >= 4 is 18.3 Å². The zero-order valence-electron chi connectivity index (χ0n) is 19.2. The first-order valence-corrected chi connectivity index (χ1v) is 11.5. The highest BCUT2D eigenvalue weighted by atomic mass is 16.4. The zero-order chi connectivity index (χ0) is 23.9. The summed E-state index contributed by atoms with van der Waals surface area (Å²) in [5.41, 5.74) is 2.90. The van der Waals surface area contributed by atoms with Gasteiger partial charge in [-0.05, 0) is 36.3 Å². The predicted octanol–water partition coefficient (Wildman–Crippen LogP) is 5.07.